The molecule has 1 amide bonds. The number of hydrogen-bond donors (Lipinski definition) is 1. The van der Waals surface area contributed by atoms with E-state index in [1.165, 1.54) is 6.07 Å². The van der Waals surface area contributed by atoms with Gasteiger partial charge >= 0.3 is 5.97 Å². The molecule has 1 fully saturated rings. The highest BCUT2D eigenvalue weighted by atomic mass is 16.5. The molecule has 1 aromatic heterocycles. The first kappa shape index (κ1) is 14.5. The average molecular weight is 283 g/mol. The lowest BCUT2D eigenvalue weighted by Gasteiger charge is -2.38. The van der Waals surface area contributed by atoms with Gasteiger partial charge in [-0.15, -0.1) is 0 Å². The fourth-order valence-electron chi connectivity index (χ4n) is 1.88. The number of rotatable bonds is 7. The maximum Gasteiger partial charge on any atom is 0.338 e. The van der Waals surface area contributed by atoms with Crippen LogP contribution in [-0.4, -0.2) is 61.4 Å². The number of nitrogens with zero attached hydrogens (tertiary/aromatic N) is 1. The second-order valence-electron chi connectivity index (χ2n) is 4.55. The highest BCUT2D eigenvalue weighted by Crippen LogP contribution is 2.18. The minimum absolute atomic E-state index is 0.0266. The Hall–Kier alpha value is -1.86. The molecule has 1 aliphatic heterocycles. The number of amides is 1. The Bertz CT molecular complexity index is 477. The molecule has 0 radical (unpaired) electrons. The number of carbonyl (C=O) groups is 2. The fourth-order valence-corrected chi connectivity index (χ4v) is 1.88. The number of furan rings is 1. The molecule has 0 atom stereocenters. The van der Waals surface area contributed by atoms with Gasteiger partial charge in [-0.1, -0.05) is 0 Å². The van der Waals surface area contributed by atoms with E-state index in [4.69, 9.17) is 19.0 Å². The monoisotopic (exact) mass is 283 g/mol. The van der Waals surface area contributed by atoms with Crippen LogP contribution in [0.2, 0.25) is 0 Å². The maximum atomic E-state index is 11.9. The van der Waals surface area contributed by atoms with Crippen molar-refractivity contribution in [3.8, 4) is 0 Å². The first-order valence-electron chi connectivity index (χ1n) is 6.33. The molecule has 2 rings (SSSR count). The van der Waals surface area contributed by atoms with Crippen LogP contribution in [0.4, 0.5) is 0 Å². The molecule has 110 valence electrons. The van der Waals surface area contributed by atoms with Crippen LogP contribution in [0.5, 0.6) is 0 Å². The molecule has 0 bridgehead atoms. The number of methoxy groups -OCH3 is 1. The summed E-state index contributed by atoms with van der Waals surface area (Å²) in [6.07, 6.45) is 1.92. The summed E-state index contributed by atoms with van der Waals surface area (Å²) in [5.74, 6) is -1.38. The van der Waals surface area contributed by atoms with Gasteiger partial charge in [-0.2, -0.15) is 0 Å². The Morgan fingerprint density at radius 2 is 2.20 bits per heavy atom. The summed E-state index contributed by atoms with van der Waals surface area (Å²) in [5.41, 5.74) is -0.0266. The van der Waals surface area contributed by atoms with Gasteiger partial charge < -0.3 is 23.9 Å². The number of carbonyl (C=O) groups excluding carboxylic acids is 1. The van der Waals surface area contributed by atoms with E-state index in [1.807, 2.05) is 0 Å². The van der Waals surface area contributed by atoms with Crippen LogP contribution in [0.25, 0.3) is 0 Å². The van der Waals surface area contributed by atoms with Gasteiger partial charge in [0.2, 0.25) is 0 Å². The molecule has 2 heterocycles. The molecule has 1 N–H and O–H groups in total. The van der Waals surface area contributed by atoms with Gasteiger partial charge in [0.15, 0.2) is 5.76 Å². The molecule has 0 saturated carbocycles. The summed E-state index contributed by atoms with van der Waals surface area (Å²) in [4.78, 5) is 24.2. The quantitative estimate of drug-likeness (QED) is 0.746. The molecular formula is C13H17NO6. The van der Waals surface area contributed by atoms with Gasteiger partial charge in [0.1, 0.15) is 6.26 Å². The third kappa shape index (κ3) is 3.37. The van der Waals surface area contributed by atoms with Crippen LogP contribution in [0.3, 0.4) is 0 Å². The number of hydrogen-bond acceptors (Lipinski definition) is 5. The highest BCUT2D eigenvalue weighted by molar-refractivity contribution is 5.95. The normalized spacial score (nSPS) is 15.2. The summed E-state index contributed by atoms with van der Waals surface area (Å²) >= 11 is 0. The largest absolute Gasteiger partial charge is 0.478 e. The van der Waals surface area contributed by atoms with E-state index < -0.39 is 5.97 Å². The second kappa shape index (κ2) is 6.53. The van der Waals surface area contributed by atoms with E-state index >= 15 is 0 Å². The maximum absolute atomic E-state index is 11.9. The Labute approximate surface area is 116 Å². The van der Waals surface area contributed by atoms with Crippen molar-refractivity contribution in [1.29, 1.82) is 0 Å². The van der Waals surface area contributed by atoms with Crippen molar-refractivity contribution in [2.75, 3.05) is 33.4 Å². The Morgan fingerprint density at radius 3 is 2.80 bits per heavy atom. The van der Waals surface area contributed by atoms with E-state index in [1.54, 1.807) is 12.0 Å². The van der Waals surface area contributed by atoms with Gasteiger partial charge in [0.25, 0.3) is 5.91 Å². The molecule has 1 saturated heterocycles. The third-order valence-electron chi connectivity index (χ3n) is 3.04. The highest BCUT2D eigenvalue weighted by Gasteiger charge is 2.33. The molecule has 0 spiro atoms. The lowest BCUT2D eigenvalue weighted by Crippen LogP contribution is -2.54. The molecule has 0 aliphatic carbocycles. The molecule has 0 unspecified atom stereocenters. The number of carboxylic acids is 1. The molecule has 0 aromatic carbocycles. The van der Waals surface area contributed by atoms with Gasteiger partial charge in [-0.25, -0.2) is 4.79 Å². The molecule has 20 heavy (non-hydrogen) atoms. The van der Waals surface area contributed by atoms with Gasteiger partial charge in [0, 0.05) is 39.5 Å². The summed E-state index contributed by atoms with van der Waals surface area (Å²) in [5, 5.41) is 8.76. The lowest BCUT2D eigenvalue weighted by atomic mass is 10.1. The average Bonchev–Trinajstić information content (AvgIpc) is 2.85. The number of likely N-dealkylation sites (tertiary alicyclic amines) is 1. The molecular weight excluding hydrogens is 266 g/mol. The standard InChI is InChI=1S/C13H17NO6/c1-18-3-2-4-19-10-6-14(7-10)12(15)11-5-9(8-20-11)13(16)17/h5,8,10H,2-4,6-7H2,1H3,(H,16,17). The minimum atomic E-state index is -1.12. The van der Waals surface area contributed by atoms with E-state index in [-0.39, 0.29) is 23.3 Å². The van der Waals surface area contributed by atoms with Crippen LogP contribution < -0.4 is 0 Å². The SMILES string of the molecule is COCCCOC1CN(C(=O)c2cc(C(=O)O)co2)C1. The summed E-state index contributed by atoms with van der Waals surface area (Å²) in [6, 6.07) is 1.23. The Kier molecular flexibility index (Phi) is 4.75. The third-order valence-corrected chi connectivity index (χ3v) is 3.04. The smallest absolute Gasteiger partial charge is 0.338 e. The lowest BCUT2D eigenvalue weighted by molar-refractivity contribution is -0.0473. The summed E-state index contributed by atoms with van der Waals surface area (Å²) < 4.78 is 15.4. The molecule has 7 nitrogen and oxygen atoms in total. The van der Waals surface area contributed by atoms with E-state index in [0.717, 1.165) is 12.7 Å². The van der Waals surface area contributed by atoms with Crippen LogP contribution in [0, 0.1) is 0 Å². The van der Waals surface area contributed by atoms with Crippen molar-refractivity contribution >= 4 is 11.9 Å². The van der Waals surface area contributed by atoms with E-state index in [9.17, 15) is 9.59 Å². The predicted molar refractivity (Wildman–Crippen MR) is 67.8 cm³/mol. The Morgan fingerprint density at radius 1 is 1.45 bits per heavy atom. The van der Waals surface area contributed by atoms with E-state index in [0.29, 0.717) is 26.3 Å². The first-order chi connectivity index (χ1) is 9.61. The second-order valence-corrected chi connectivity index (χ2v) is 4.55. The van der Waals surface area contributed by atoms with E-state index in [2.05, 4.69) is 0 Å². The molecule has 1 aromatic rings. The van der Waals surface area contributed by atoms with Crippen molar-refractivity contribution in [2.45, 2.75) is 12.5 Å². The van der Waals surface area contributed by atoms with Crippen molar-refractivity contribution < 1.29 is 28.6 Å². The molecule has 1 aliphatic rings. The van der Waals surface area contributed by atoms with Gasteiger partial charge in [-0.05, 0) is 6.42 Å². The summed E-state index contributed by atoms with van der Waals surface area (Å²) in [6.45, 7) is 2.24. The minimum Gasteiger partial charge on any atom is -0.478 e. The topological polar surface area (TPSA) is 89.2 Å². The fraction of sp³-hybridized carbons (Fsp3) is 0.538. The van der Waals surface area contributed by atoms with Crippen LogP contribution in [-0.2, 0) is 9.47 Å². The zero-order valence-corrected chi connectivity index (χ0v) is 11.2. The van der Waals surface area contributed by atoms with Gasteiger partial charge in [0.05, 0.1) is 11.7 Å². The van der Waals surface area contributed by atoms with Crippen LogP contribution in [0.1, 0.15) is 27.3 Å². The number of ether oxygens (including phenoxy) is 2. The van der Waals surface area contributed by atoms with Crippen molar-refractivity contribution in [1.82, 2.24) is 4.90 Å². The van der Waals surface area contributed by atoms with Crippen molar-refractivity contribution in [3.63, 3.8) is 0 Å². The first-order valence-corrected chi connectivity index (χ1v) is 6.33. The van der Waals surface area contributed by atoms with Crippen molar-refractivity contribution in [3.05, 3.63) is 23.7 Å². The number of aromatic carboxylic acids is 1. The number of carboxylic acid groups (broad SMARTS) is 1. The van der Waals surface area contributed by atoms with Gasteiger partial charge in [-0.3, -0.25) is 4.79 Å². The predicted octanol–water partition coefficient (Wildman–Crippen LogP) is 0.855. The van der Waals surface area contributed by atoms with Crippen molar-refractivity contribution in [2.24, 2.45) is 0 Å². The van der Waals surface area contributed by atoms with Crippen LogP contribution >= 0.6 is 0 Å². The zero-order chi connectivity index (χ0) is 14.5. The van der Waals surface area contributed by atoms with Crippen LogP contribution in [0.15, 0.2) is 16.7 Å². The molecule has 7 heteroatoms. The zero-order valence-electron chi connectivity index (χ0n) is 11.2. The summed E-state index contributed by atoms with van der Waals surface area (Å²) in [7, 11) is 1.64. The Balaban J connectivity index is 1.74.